The molecule has 1 amide bonds. The number of fused-ring (bicyclic) bond motifs is 1. The number of hydrogen-bond donors (Lipinski definition) is 1. The lowest BCUT2D eigenvalue weighted by Crippen LogP contribution is -2.29. The highest BCUT2D eigenvalue weighted by Crippen LogP contribution is 2.20. The molecule has 22 heavy (non-hydrogen) atoms. The van der Waals surface area contributed by atoms with E-state index in [1.165, 1.54) is 0 Å². The van der Waals surface area contributed by atoms with Crippen molar-refractivity contribution in [2.45, 2.75) is 13.0 Å². The summed E-state index contributed by atoms with van der Waals surface area (Å²) < 4.78 is 3.96. The third-order valence-corrected chi connectivity index (χ3v) is 3.90. The first-order chi connectivity index (χ1) is 10.6. The van der Waals surface area contributed by atoms with Gasteiger partial charge in [0.05, 0.1) is 12.7 Å². The first kappa shape index (κ1) is 14.7. The smallest absolute Gasteiger partial charge is 0.226 e. The highest BCUT2D eigenvalue weighted by molar-refractivity contribution is 6.31. The van der Waals surface area contributed by atoms with Gasteiger partial charge in [0.1, 0.15) is 0 Å². The highest BCUT2D eigenvalue weighted by atomic mass is 35.5. The Balaban J connectivity index is 1.56. The molecule has 0 saturated heterocycles. The number of aromatic nitrogens is 3. The Morgan fingerprint density at radius 2 is 2.23 bits per heavy atom. The van der Waals surface area contributed by atoms with Gasteiger partial charge in [-0.2, -0.15) is 0 Å². The summed E-state index contributed by atoms with van der Waals surface area (Å²) >= 11 is 5.98. The molecule has 114 valence electrons. The van der Waals surface area contributed by atoms with E-state index >= 15 is 0 Å². The normalized spacial score (nSPS) is 11.0. The number of benzene rings is 1. The van der Waals surface area contributed by atoms with Crippen molar-refractivity contribution in [3.63, 3.8) is 0 Å². The maximum atomic E-state index is 11.9. The fraction of sp³-hybridized carbons (Fsp3) is 0.250. The molecule has 6 heteroatoms. The molecule has 2 aromatic heterocycles. The minimum Gasteiger partial charge on any atom is -0.354 e. The zero-order valence-electron chi connectivity index (χ0n) is 12.3. The second kappa shape index (κ2) is 6.23. The molecular weight excluding hydrogens is 300 g/mol. The number of rotatable bonds is 5. The van der Waals surface area contributed by atoms with E-state index in [-0.39, 0.29) is 5.91 Å². The van der Waals surface area contributed by atoms with Gasteiger partial charge in [-0.3, -0.25) is 4.79 Å². The number of hydrogen-bond acceptors (Lipinski definition) is 2. The molecule has 0 aliphatic rings. The van der Waals surface area contributed by atoms with Gasteiger partial charge >= 0.3 is 0 Å². The van der Waals surface area contributed by atoms with E-state index in [0.717, 1.165) is 28.2 Å². The lowest BCUT2D eigenvalue weighted by molar-refractivity contribution is -0.120. The number of aryl methyl sites for hydroxylation is 1. The number of halogens is 1. The molecule has 0 radical (unpaired) electrons. The summed E-state index contributed by atoms with van der Waals surface area (Å²) in [6.45, 7) is 1.31. The van der Waals surface area contributed by atoms with E-state index in [1.54, 1.807) is 12.5 Å². The Morgan fingerprint density at radius 3 is 3.00 bits per heavy atom. The molecule has 0 bridgehead atoms. The monoisotopic (exact) mass is 316 g/mol. The number of nitrogens with one attached hydrogen (secondary N) is 1. The van der Waals surface area contributed by atoms with Gasteiger partial charge < -0.3 is 14.5 Å². The van der Waals surface area contributed by atoms with Crippen LogP contribution in [0.3, 0.4) is 0 Å². The fourth-order valence-corrected chi connectivity index (χ4v) is 2.64. The molecule has 0 fully saturated rings. The average molecular weight is 317 g/mol. The van der Waals surface area contributed by atoms with Crippen LogP contribution in [0.15, 0.2) is 43.0 Å². The van der Waals surface area contributed by atoms with Crippen LogP contribution in [0, 0.1) is 0 Å². The number of imidazole rings is 1. The number of carbonyl (C=O) groups excluding carboxylic acids is 1. The maximum absolute atomic E-state index is 11.9. The molecule has 3 rings (SSSR count). The van der Waals surface area contributed by atoms with Gasteiger partial charge in [0.25, 0.3) is 0 Å². The summed E-state index contributed by atoms with van der Waals surface area (Å²) in [7, 11) is 1.88. The van der Waals surface area contributed by atoms with Crippen LogP contribution >= 0.6 is 11.6 Å². The summed E-state index contributed by atoms with van der Waals surface area (Å²) in [5.74, 6) is 0.00288. The molecule has 3 aromatic rings. The third-order valence-electron chi connectivity index (χ3n) is 3.67. The van der Waals surface area contributed by atoms with E-state index in [1.807, 2.05) is 42.1 Å². The summed E-state index contributed by atoms with van der Waals surface area (Å²) in [6.07, 6.45) is 5.76. The standard InChI is InChI=1S/C16H17ClN4O/c1-20-11-18-10-14(20)9-16(22)19-5-7-21-6-4-12-8-13(17)2-3-15(12)21/h2-4,6,8,10-11H,5,7,9H2,1H3,(H,19,22). The molecule has 0 saturated carbocycles. The molecule has 0 unspecified atom stereocenters. The highest BCUT2D eigenvalue weighted by Gasteiger charge is 2.06. The van der Waals surface area contributed by atoms with Crippen molar-refractivity contribution in [3.8, 4) is 0 Å². The lowest BCUT2D eigenvalue weighted by atomic mass is 10.2. The lowest BCUT2D eigenvalue weighted by Gasteiger charge is -2.08. The topological polar surface area (TPSA) is 51.9 Å². The molecule has 1 aromatic carbocycles. The van der Waals surface area contributed by atoms with E-state index in [4.69, 9.17) is 11.6 Å². The zero-order valence-corrected chi connectivity index (χ0v) is 13.0. The Kier molecular flexibility index (Phi) is 4.15. The van der Waals surface area contributed by atoms with Crippen LogP contribution in [0.5, 0.6) is 0 Å². The van der Waals surface area contributed by atoms with Crippen LogP contribution in [0.25, 0.3) is 10.9 Å². The van der Waals surface area contributed by atoms with Crippen LogP contribution in [-0.4, -0.2) is 26.6 Å². The SMILES string of the molecule is Cn1cncc1CC(=O)NCCn1ccc2cc(Cl)ccc21. The van der Waals surface area contributed by atoms with Gasteiger partial charge in [-0.25, -0.2) is 4.98 Å². The number of nitrogens with zero attached hydrogens (tertiary/aromatic N) is 3. The van der Waals surface area contributed by atoms with Crippen LogP contribution in [-0.2, 0) is 24.8 Å². The second-order valence-electron chi connectivity index (χ2n) is 5.23. The van der Waals surface area contributed by atoms with Crippen LogP contribution < -0.4 is 5.32 Å². The fourth-order valence-electron chi connectivity index (χ4n) is 2.46. The zero-order chi connectivity index (χ0) is 15.5. The predicted octanol–water partition coefficient (Wildman–Crippen LogP) is 2.39. The van der Waals surface area contributed by atoms with Gasteiger partial charge in [-0.1, -0.05) is 11.6 Å². The largest absolute Gasteiger partial charge is 0.354 e. The molecule has 5 nitrogen and oxygen atoms in total. The molecule has 0 atom stereocenters. The summed E-state index contributed by atoms with van der Waals surface area (Å²) in [5.41, 5.74) is 2.02. The minimum absolute atomic E-state index is 0.00288. The number of amides is 1. The third kappa shape index (κ3) is 3.14. The van der Waals surface area contributed by atoms with Crippen molar-refractivity contribution in [2.75, 3.05) is 6.54 Å². The first-order valence-corrected chi connectivity index (χ1v) is 7.47. The maximum Gasteiger partial charge on any atom is 0.226 e. The van der Waals surface area contributed by atoms with E-state index in [2.05, 4.69) is 14.9 Å². The van der Waals surface area contributed by atoms with Gasteiger partial charge in [-0.05, 0) is 24.3 Å². The van der Waals surface area contributed by atoms with Gasteiger partial charge in [-0.15, -0.1) is 0 Å². The summed E-state index contributed by atoms with van der Waals surface area (Å²) in [6, 6.07) is 7.84. The molecule has 2 heterocycles. The van der Waals surface area contributed by atoms with E-state index < -0.39 is 0 Å². The quantitative estimate of drug-likeness (QED) is 0.786. The second-order valence-corrected chi connectivity index (χ2v) is 5.67. The Morgan fingerprint density at radius 1 is 1.36 bits per heavy atom. The first-order valence-electron chi connectivity index (χ1n) is 7.10. The summed E-state index contributed by atoms with van der Waals surface area (Å²) in [5, 5.41) is 4.77. The Hall–Kier alpha value is -2.27. The van der Waals surface area contributed by atoms with Crippen molar-refractivity contribution < 1.29 is 4.79 Å². The Bertz CT molecular complexity index is 805. The predicted molar refractivity (Wildman–Crippen MR) is 86.9 cm³/mol. The molecule has 0 aliphatic heterocycles. The van der Waals surface area contributed by atoms with Crippen molar-refractivity contribution >= 4 is 28.4 Å². The minimum atomic E-state index is 0.00288. The van der Waals surface area contributed by atoms with Crippen molar-refractivity contribution in [1.29, 1.82) is 0 Å². The van der Waals surface area contributed by atoms with Crippen molar-refractivity contribution in [3.05, 3.63) is 53.7 Å². The Labute approximate surface area is 133 Å². The number of carbonyl (C=O) groups is 1. The van der Waals surface area contributed by atoms with E-state index in [9.17, 15) is 4.79 Å². The van der Waals surface area contributed by atoms with E-state index in [0.29, 0.717) is 13.0 Å². The van der Waals surface area contributed by atoms with Gasteiger partial charge in [0, 0.05) is 54.2 Å². The molecule has 0 aliphatic carbocycles. The molecule has 1 N–H and O–H groups in total. The van der Waals surface area contributed by atoms with Gasteiger partial charge in [0.2, 0.25) is 5.91 Å². The molecular formula is C16H17ClN4O. The van der Waals surface area contributed by atoms with Crippen molar-refractivity contribution in [1.82, 2.24) is 19.4 Å². The summed E-state index contributed by atoms with van der Waals surface area (Å²) in [4.78, 5) is 15.9. The van der Waals surface area contributed by atoms with Crippen molar-refractivity contribution in [2.24, 2.45) is 7.05 Å². The molecule has 0 spiro atoms. The van der Waals surface area contributed by atoms with Crippen LogP contribution in [0.4, 0.5) is 0 Å². The van der Waals surface area contributed by atoms with Crippen LogP contribution in [0.1, 0.15) is 5.69 Å². The average Bonchev–Trinajstić information content (AvgIpc) is 3.06. The van der Waals surface area contributed by atoms with Crippen LogP contribution in [0.2, 0.25) is 5.02 Å². The van der Waals surface area contributed by atoms with Gasteiger partial charge in [0.15, 0.2) is 0 Å².